The van der Waals surface area contributed by atoms with Crippen LogP contribution in [0.3, 0.4) is 0 Å². The molecule has 1 fully saturated rings. The number of guanidine groups is 1. The summed E-state index contributed by atoms with van der Waals surface area (Å²) in [5.74, 6) is 0.759. The average Bonchev–Trinajstić information content (AvgIpc) is 2.77. The van der Waals surface area contributed by atoms with Crippen LogP contribution in [-0.2, 0) is 11.2 Å². The minimum absolute atomic E-state index is 0. The van der Waals surface area contributed by atoms with Crippen molar-refractivity contribution < 1.29 is 9.84 Å². The lowest BCUT2D eigenvalue weighted by Gasteiger charge is -2.33. The molecule has 1 saturated heterocycles. The smallest absolute Gasteiger partial charge is 0.191 e. The minimum atomic E-state index is -0.873. The molecule has 8 heteroatoms. The van der Waals surface area contributed by atoms with Gasteiger partial charge in [0, 0.05) is 38.8 Å². The van der Waals surface area contributed by atoms with Gasteiger partial charge < -0.3 is 20.5 Å². The van der Waals surface area contributed by atoms with E-state index in [0.29, 0.717) is 19.1 Å². The van der Waals surface area contributed by atoms with Crippen LogP contribution in [0.1, 0.15) is 33.3 Å². The van der Waals surface area contributed by atoms with E-state index in [1.807, 2.05) is 6.92 Å². The quantitative estimate of drug-likeness (QED) is 0.207. The summed E-state index contributed by atoms with van der Waals surface area (Å²) >= 11 is 0. The van der Waals surface area contributed by atoms with Crippen molar-refractivity contribution in [2.45, 2.75) is 45.8 Å². The first-order valence-electron chi connectivity index (χ1n) is 11.8. The van der Waals surface area contributed by atoms with E-state index in [4.69, 9.17) is 9.73 Å². The molecule has 1 aliphatic heterocycles. The molecule has 2 rings (SSSR count). The van der Waals surface area contributed by atoms with E-state index in [-0.39, 0.29) is 24.0 Å². The van der Waals surface area contributed by atoms with Crippen molar-refractivity contribution in [3.05, 3.63) is 35.9 Å². The zero-order chi connectivity index (χ0) is 22.5. The number of aliphatic hydroxyl groups is 1. The van der Waals surface area contributed by atoms with E-state index < -0.39 is 5.60 Å². The Kier molecular flexibility index (Phi) is 14.4. The molecule has 0 aliphatic carbocycles. The minimum Gasteiger partial charge on any atom is -0.387 e. The second-order valence-electron chi connectivity index (χ2n) is 8.53. The number of β-amino-alcohol motifs (C(OH)–C–C–N with tert-alkyl or cyclic N) is 1. The van der Waals surface area contributed by atoms with Crippen LogP contribution in [0.25, 0.3) is 0 Å². The van der Waals surface area contributed by atoms with Gasteiger partial charge in [-0.15, -0.1) is 24.0 Å². The summed E-state index contributed by atoms with van der Waals surface area (Å²) in [6, 6.07) is 11.0. The molecule has 2 atom stereocenters. The third-order valence-electron chi connectivity index (χ3n) is 5.74. The molecular formula is C24H44IN5O2. The van der Waals surface area contributed by atoms with Crippen LogP contribution in [0.15, 0.2) is 35.3 Å². The Morgan fingerprint density at radius 1 is 1.16 bits per heavy atom. The highest BCUT2D eigenvalue weighted by atomic mass is 127. The topological polar surface area (TPSA) is 72.4 Å². The summed E-state index contributed by atoms with van der Waals surface area (Å²) in [7, 11) is 0. The number of rotatable bonds is 12. The zero-order valence-corrected chi connectivity index (χ0v) is 22.7. The zero-order valence-electron chi connectivity index (χ0n) is 20.3. The lowest BCUT2D eigenvalue weighted by atomic mass is 10.0. The summed E-state index contributed by atoms with van der Waals surface area (Å²) in [6.45, 7) is 16.1. The first kappa shape index (κ1) is 29.1. The van der Waals surface area contributed by atoms with Gasteiger partial charge in [0.15, 0.2) is 5.96 Å². The lowest BCUT2D eigenvalue weighted by molar-refractivity contribution is -0.0180. The van der Waals surface area contributed by atoms with Gasteiger partial charge in [-0.1, -0.05) is 44.2 Å². The molecule has 0 spiro atoms. The fraction of sp³-hybridized carbons (Fsp3) is 0.708. The number of aliphatic imine (C=N–C) groups is 1. The van der Waals surface area contributed by atoms with Crippen LogP contribution in [0.2, 0.25) is 0 Å². The lowest BCUT2D eigenvalue weighted by Crippen LogP contribution is -2.50. The van der Waals surface area contributed by atoms with Gasteiger partial charge in [-0.25, -0.2) is 0 Å². The van der Waals surface area contributed by atoms with E-state index in [1.165, 1.54) is 5.56 Å². The Bertz CT molecular complexity index is 635. The maximum Gasteiger partial charge on any atom is 0.191 e. The van der Waals surface area contributed by atoms with Crippen LogP contribution >= 0.6 is 24.0 Å². The third-order valence-corrected chi connectivity index (χ3v) is 5.74. The Hall–Kier alpha value is -0.940. The van der Waals surface area contributed by atoms with Crippen molar-refractivity contribution in [2.75, 3.05) is 65.6 Å². The van der Waals surface area contributed by atoms with Crippen molar-refractivity contribution in [1.29, 1.82) is 0 Å². The van der Waals surface area contributed by atoms with Crippen LogP contribution < -0.4 is 10.6 Å². The highest BCUT2D eigenvalue weighted by Crippen LogP contribution is 2.10. The van der Waals surface area contributed by atoms with E-state index in [0.717, 1.165) is 64.9 Å². The standard InChI is InChI=1S/C24H43N5O2.HI/c1-5-25-23(27-19-24(4,30)20-28-13-15-31-16-14-28)26-18-22(29(6-2)7-3)17-21-11-9-8-10-12-21;/h8-12,22,30H,5-7,13-20H2,1-4H3,(H2,25,26,27);1H. The van der Waals surface area contributed by atoms with Crippen LogP contribution in [0.4, 0.5) is 0 Å². The number of morpholine rings is 1. The van der Waals surface area contributed by atoms with Crippen molar-refractivity contribution in [3.63, 3.8) is 0 Å². The predicted molar refractivity (Wildman–Crippen MR) is 144 cm³/mol. The van der Waals surface area contributed by atoms with Crippen LogP contribution in [-0.4, -0.2) is 98.1 Å². The largest absolute Gasteiger partial charge is 0.387 e. The molecule has 0 amide bonds. The maximum atomic E-state index is 10.9. The molecule has 1 aliphatic rings. The van der Waals surface area contributed by atoms with Gasteiger partial charge in [0.05, 0.1) is 25.4 Å². The van der Waals surface area contributed by atoms with Crippen LogP contribution in [0, 0.1) is 0 Å². The van der Waals surface area contributed by atoms with Crippen molar-refractivity contribution in [3.8, 4) is 0 Å². The van der Waals surface area contributed by atoms with E-state index >= 15 is 0 Å². The Balaban J connectivity index is 0.00000512. The van der Waals surface area contributed by atoms with Gasteiger partial charge in [0.1, 0.15) is 0 Å². The van der Waals surface area contributed by atoms with Gasteiger partial charge in [-0.05, 0) is 38.9 Å². The van der Waals surface area contributed by atoms with Gasteiger partial charge >= 0.3 is 0 Å². The maximum absolute atomic E-state index is 10.9. The highest BCUT2D eigenvalue weighted by Gasteiger charge is 2.25. The SMILES string of the molecule is CCNC(=NCC(C)(O)CN1CCOCC1)NCC(Cc1ccccc1)N(CC)CC.I. The summed E-state index contributed by atoms with van der Waals surface area (Å²) in [5.41, 5.74) is 0.471. The molecule has 1 aromatic carbocycles. The van der Waals surface area contributed by atoms with Crippen molar-refractivity contribution >= 4 is 29.9 Å². The summed E-state index contributed by atoms with van der Waals surface area (Å²) in [4.78, 5) is 9.44. The number of benzene rings is 1. The van der Waals surface area contributed by atoms with Gasteiger partial charge in [-0.2, -0.15) is 0 Å². The van der Waals surface area contributed by atoms with Crippen LogP contribution in [0.5, 0.6) is 0 Å². The number of ether oxygens (including phenoxy) is 1. The van der Waals surface area contributed by atoms with Gasteiger partial charge in [0.2, 0.25) is 0 Å². The number of likely N-dealkylation sites (N-methyl/N-ethyl adjacent to an activating group) is 1. The van der Waals surface area contributed by atoms with Crippen molar-refractivity contribution in [1.82, 2.24) is 20.4 Å². The molecule has 0 bridgehead atoms. The second-order valence-corrected chi connectivity index (χ2v) is 8.53. The molecule has 1 heterocycles. The fourth-order valence-electron chi connectivity index (χ4n) is 4.05. The molecule has 0 radical (unpaired) electrons. The number of hydrogen-bond acceptors (Lipinski definition) is 5. The first-order chi connectivity index (χ1) is 15.0. The van der Waals surface area contributed by atoms with E-state index in [2.05, 4.69) is 71.5 Å². The number of nitrogens with one attached hydrogen (secondary N) is 2. The molecule has 3 N–H and O–H groups in total. The molecule has 184 valence electrons. The Morgan fingerprint density at radius 2 is 1.81 bits per heavy atom. The molecule has 32 heavy (non-hydrogen) atoms. The summed E-state index contributed by atoms with van der Waals surface area (Å²) in [5, 5.41) is 17.7. The third kappa shape index (κ3) is 10.8. The predicted octanol–water partition coefficient (Wildman–Crippen LogP) is 2.20. The average molecular weight is 562 g/mol. The summed E-state index contributed by atoms with van der Waals surface area (Å²) in [6.07, 6.45) is 0.990. The van der Waals surface area contributed by atoms with Gasteiger partial charge in [0.25, 0.3) is 0 Å². The monoisotopic (exact) mass is 561 g/mol. The fourth-order valence-corrected chi connectivity index (χ4v) is 4.05. The normalized spacial score (nSPS) is 18.0. The molecule has 0 aromatic heterocycles. The number of halogens is 1. The molecule has 0 saturated carbocycles. The van der Waals surface area contributed by atoms with Crippen molar-refractivity contribution in [2.24, 2.45) is 4.99 Å². The molecular weight excluding hydrogens is 517 g/mol. The highest BCUT2D eigenvalue weighted by molar-refractivity contribution is 14.0. The van der Waals surface area contributed by atoms with Gasteiger partial charge in [-0.3, -0.25) is 14.8 Å². The Morgan fingerprint density at radius 3 is 2.41 bits per heavy atom. The number of nitrogens with zero attached hydrogens (tertiary/aromatic N) is 3. The first-order valence-corrected chi connectivity index (χ1v) is 11.8. The summed E-state index contributed by atoms with van der Waals surface area (Å²) < 4.78 is 5.40. The number of hydrogen-bond donors (Lipinski definition) is 3. The molecule has 2 unspecified atom stereocenters. The molecule has 1 aromatic rings. The molecule has 7 nitrogen and oxygen atoms in total. The van der Waals surface area contributed by atoms with E-state index in [9.17, 15) is 5.11 Å². The Labute approximate surface area is 212 Å². The van der Waals surface area contributed by atoms with E-state index in [1.54, 1.807) is 0 Å². The second kappa shape index (κ2) is 15.8.